The second kappa shape index (κ2) is 5.62. The topological polar surface area (TPSA) is 59.8 Å². The monoisotopic (exact) mass is 312 g/mol. The van der Waals surface area contributed by atoms with Crippen molar-refractivity contribution >= 4 is 16.9 Å². The molecule has 2 aromatic rings. The van der Waals surface area contributed by atoms with E-state index in [-0.39, 0.29) is 5.91 Å². The molecule has 5 heteroatoms. The van der Waals surface area contributed by atoms with Gasteiger partial charge in [-0.15, -0.1) is 0 Å². The van der Waals surface area contributed by atoms with Crippen LogP contribution < -0.4 is 5.32 Å². The fourth-order valence-electron chi connectivity index (χ4n) is 3.74. The van der Waals surface area contributed by atoms with Crippen LogP contribution in [0.2, 0.25) is 0 Å². The van der Waals surface area contributed by atoms with E-state index in [0.29, 0.717) is 12.0 Å². The molecule has 5 nitrogen and oxygen atoms in total. The van der Waals surface area contributed by atoms with Crippen molar-refractivity contribution in [2.45, 2.75) is 63.8 Å². The van der Waals surface area contributed by atoms with E-state index in [1.54, 1.807) is 4.68 Å². The third kappa shape index (κ3) is 2.73. The summed E-state index contributed by atoms with van der Waals surface area (Å²) >= 11 is 0. The van der Waals surface area contributed by atoms with Gasteiger partial charge in [-0.05, 0) is 38.7 Å². The molecule has 2 aliphatic rings. The van der Waals surface area contributed by atoms with E-state index in [1.165, 1.54) is 32.1 Å². The SMILES string of the molecule is Cc1nn(C)c2nc(C3CC3)cc(C(=O)NC3CCCCC3)c12. The summed E-state index contributed by atoms with van der Waals surface area (Å²) in [7, 11) is 1.90. The van der Waals surface area contributed by atoms with Crippen LogP contribution >= 0.6 is 0 Å². The summed E-state index contributed by atoms with van der Waals surface area (Å²) in [5.74, 6) is 0.568. The Morgan fingerprint density at radius 2 is 1.96 bits per heavy atom. The molecule has 2 fully saturated rings. The van der Waals surface area contributed by atoms with Gasteiger partial charge in [-0.2, -0.15) is 5.10 Å². The average Bonchev–Trinajstić information content (AvgIpc) is 3.35. The highest BCUT2D eigenvalue weighted by Gasteiger charge is 2.29. The normalized spacial score (nSPS) is 19.2. The minimum atomic E-state index is 0.0438. The van der Waals surface area contributed by atoms with Gasteiger partial charge in [0, 0.05) is 24.7 Å². The van der Waals surface area contributed by atoms with Crippen molar-refractivity contribution in [3.8, 4) is 0 Å². The summed E-state index contributed by atoms with van der Waals surface area (Å²) in [6.07, 6.45) is 8.28. The number of amides is 1. The van der Waals surface area contributed by atoms with Crippen LogP contribution in [0.3, 0.4) is 0 Å². The van der Waals surface area contributed by atoms with Gasteiger partial charge in [0.25, 0.3) is 5.91 Å². The Bertz CT molecular complexity index is 754. The minimum absolute atomic E-state index is 0.0438. The quantitative estimate of drug-likeness (QED) is 0.946. The maximum atomic E-state index is 12.9. The van der Waals surface area contributed by atoms with Crippen LogP contribution in [0.5, 0.6) is 0 Å². The van der Waals surface area contributed by atoms with Crippen molar-refractivity contribution in [3.05, 3.63) is 23.0 Å². The first kappa shape index (κ1) is 14.7. The van der Waals surface area contributed by atoms with Crippen LogP contribution in [0.1, 0.15) is 72.6 Å². The molecule has 2 saturated carbocycles. The van der Waals surface area contributed by atoms with Crippen molar-refractivity contribution in [2.75, 3.05) is 0 Å². The number of nitrogens with one attached hydrogen (secondary N) is 1. The molecule has 0 radical (unpaired) electrons. The van der Waals surface area contributed by atoms with Gasteiger partial charge < -0.3 is 5.32 Å². The lowest BCUT2D eigenvalue weighted by molar-refractivity contribution is 0.0929. The van der Waals surface area contributed by atoms with Gasteiger partial charge in [-0.25, -0.2) is 4.98 Å². The molecule has 0 bridgehead atoms. The van der Waals surface area contributed by atoms with Crippen LogP contribution in [-0.2, 0) is 7.05 Å². The van der Waals surface area contributed by atoms with E-state index in [0.717, 1.165) is 40.8 Å². The fraction of sp³-hybridized carbons (Fsp3) is 0.611. The number of aryl methyl sites for hydroxylation is 2. The van der Waals surface area contributed by atoms with Crippen molar-refractivity contribution < 1.29 is 4.79 Å². The van der Waals surface area contributed by atoms with Gasteiger partial charge in [0.15, 0.2) is 5.65 Å². The molecule has 0 saturated heterocycles. The molecule has 0 aliphatic heterocycles. The number of hydrogen-bond acceptors (Lipinski definition) is 3. The van der Waals surface area contributed by atoms with Crippen LogP contribution in [0.4, 0.5) is 0 Å². The molecule has 0 atom stereocenters. The summed E-state index contributed by atoms with van der Waals surface area (Å²) in [5.41, 5.74) is 3.52. The highest BCUT2D eigenvalue weighted by Crippen LogP contribution is 2.40. The third-order valence-electron chi connectivity index (χ3n) is 5.17. The zero-order valence-electron chi connectivity index (χ0n) is 13.9. The standard InChI is InChI=1S/C18H24N4O/c1-11-16-14(18(23)19-13-6-4-3-5-7-13)10-15(12-8-9-12)20-17(16)22(2)21-11/h10,12-13H,3-9H2,1-2H3,(H,19,23). The second-order valence-corrected chi connectivity index (χ2v) is 7.08. The Kier molecular flexibility index (Phi) is 3.58. The van der Waals surface area contributed by atoms with Crippen LogP contribution in [0.25, 0.3) is 11.0 Å². The van der Waals surface area contributed by atoms with E-state index in [1.807, 2.05) is 20.0 Å². The van der Waals surface area contributed by atoms with Crippen LogP contribution in [0, 0.1) is 6.92 Å². The maximum absolute atomic E-state index is 12.9. The van der Waals surface area contributed by atoms with E-state index in [9.17, 15) is 4.79 Å². The maximum Gasteiger partial charge on any atom is 0.252 e. The molecule has 4 rings (SSSR count). The number of aromatic nitrogens is 3. The van der Waals surface area contributed by atoms with Gasteiger partial charge >= 0.3 is 0 Å². The summed E-state index contributed by atoms with van der Waals surface area (Å²) in [5, 5.41) is 8.63. The van der Waals surface area contributed by atoms with E-state index in [4.69, 9.17) is 4.98 Å². The molecule has 0 aromatic carbocycles. The van der Waals surface area contributed by atoms with Crippen molar-refractivity contribution in [2.24, 2.45) is 7.05 Å². The number of nitrogens with zero attached hydrogens (tertiary/aromatic N) is 3. The molecular formula is C18H24N4O. The molecule has 0 unspecified atom stereocenters. The van der Waals surface area contributed by atoms with Gasteiger partial charge in [-0.3, -0.25) is 9.48 Å². The zero-order valence-corrected chi connectivity index (χ0v) is 13.9. The number of pyridine rings is 1. The number of carbonyl (C=O) groups excluding carboxylic acids is 1. The number of fused-ring (bicyclic) bond motifs is 1. The predicted molar refractivity (Wildman–Crippen MR) is 89.6 cm³/mol. The summed E-state index contributed by atoms with van der Waals surface area (Å²) in [6.45, 7) is 1.96. The van der Waals surface area contributed by atoms with Gasteiger partial charge in [0.1, 0.15) is 0 Å². The van der Waals surface area contributed by atoms with Crippen molar-refractivity contribution in [3.63, 3.8) is 0 Å². The van der Waals surface area contributed by atoms with E-state index in [2.05, 4.69) is 10.4 Å². The summed E-state index contributed by atoms with van der Waals surface area (Å²) in [4.78, 5) is 17.7. The van der Waals surface area contributed by atoms with Gasteiger partial charge in [0.2, 0.25) is 0 Å². The Morgan fingerprint density at radius 3 is 2.65 bits per heavy atom. The largest absolute Gasteiger partial charge is 0.349 e. The molecule has 1 amide bonds. The minimum Gasteiger partial charge on any atom is -0.349 e. The first-order chi connectivity index (χ1) is 11.1. The Labute approximate surface area is 136 Å². The number of rotatable bonds is 3. The first-order valence-electron chi connectivity index (χ1n) is 8.78. The lowest BCUT2D eigenvalue weighted by Gasteiger charge is -2.23. The molecule has 2 aromatic heterocycles. The fourth-order valence-corrected chi connectivity index (χ4v) is 3.74. The van der Waals surface area contributed by atoms with Crippen LogP contribution in [-0.4, -0.2) is 26.7 Å². The summed E-state index contributed by atoms with van der Waals surface area (Å²) < 4.78 is 1.80. The molecular weight excluding hydrogens is 288 g/mol. The third-order valence-corrected chi connectivity index (χ3v) is 5.17. The first-order valence-corrected chi connectivity index (χ1v) is 8.78. The molecule has 2 heterocycles. The van der Waals surface area contributed by atoms with E-state index < -0.39 is 0 Å². The lowest BCUT2D eigenvalue weighted by Crippen LogP contribution is -2.36. The Morgan fingerprint density at radius 1 is 1.22 bits per heavy atom. The highest BCUT2D eigenvalue weighted by atomic mass is 16.1. The van der Waals surface area contributed by atoms with Gasteiger partial charge in [0.05, 0.1) is 16.6 Å². The van der Waals surface area contributed by atoms with E-state index >= 15 is 0 Å². The zero-order chi connectivity index (χ0) is 16.0. The average molecular weight is 312 g/mol. The Balaban J connectivity index is 1.73. The molecule has 1 N–H and O–H groups in total. The predicted octanol–water partition coefficient (Wildman–Crippen LogP) is 3.22. The van der Waals surface area contributed by atoms with Gasteiger partial charge in [-0.1, -0.05) is 19.3 Å². The molecule has 122 valence electrons. The molecule has 23 heavy (non-hydrogen) atoms. The lowest BCUT2D eigenvalue weighted by atomic mass is 9.95. The number of hydrogen-bond donors (Lipinski definition) is 1. The molecule has 2 aliphatic carbocycles. The van der Waals surface area contributed by atoms with Crippen molar-refractivity contribution in [1.82, 2.24) is 20.1 Å². The smallest absolute Gasteiger partial charge is 0.252 e. The highest BCUT2D eigenvalue weighted by molar-refractivity contribution is 6.06. The summed E-state index contributed by atoms with van der Waals surface area (Å²) in [6, 6.07) is 2.33. The molecule has 0 spiro atoms. The van der Waals surface area contributed by atoms with Crippen LogP contribution in [0.15, 0.2) is 6.07 Å². The number of carbonyl (C=O) groups is 1. The second-order valence-electron chi connectivity index (χ2n) is 7.08. The van der Waals surface area contributed by atoms with Crippen molar-refractivity contribution in [1.29, 1.82) is 0 Å². The Hall–Kier alpha value is -1.91.